The fourth-order valence-corrected chi connectivity index (χ4v) is 3.87. The van der Waals surface area contributed by atoms with Gasteiger partial charge in [0.1, 0.15) is 5.69 Å². The van der Waals surface area contributed by atoms with Gasteiger partial charge in [0.05, 0.1) is 0 Å². The topological polar surface area (TPSA) is 76.2 Å². The van der Waals surface area contributed by atoms with Gasteiger partial charge in [0.25, 0.3) is 0 Å². The van der Waals surface area contributed by atoms with Gasteiger partial charge in [-0.2, -0.15) is 5.10 Å². The zero-order valence-corrected chi connectivity index (χ0v) is 17.3. The van der Waals surface area contributed by atoms with Gasteiger partial charge in [-0.15, -0.1) is 4.52 Å². The Hall–Kier alpha value is -1.59. The second-order valence-electron chi connectivity index (χ2n) is 7.95. The summed E-state index contributed by atoms with van der Waals surface area (Å²) in [6.45, 7) is 4.52. The number of aromatic nitrogens is 4. The summed E-state index contributed by atoms with van der Waals surface area (Å²) >= 11 is 0. The molecule has 2 rings (SSSR count). The third-order valence-corrected chi connectivity index (χ3v) is 5.56. The lowest BCUT2D eigenvalue weighted by Crippen LogP contribution is -2.06. The van der Waals surface area contributed by atoms with Crippen LogP contribution < -0.4 is 5.76 Å². The fraction of sp³-hybridized carbons (Fsp3) is 0.857. The molecule has 0 radical (unpaired) electrons. The summed E-state index contributed by atoms with van der Waals surface area (Å²) in [5.74, 6) is 0.119. The SMILES string of the molecule is CCCCCCCCC(CCCCCCCC)Cc1n[nH]n2c(=O)onc12. The van der Waals surface area contributed by atoms with E-state index in [4.69, 9.17) is 4.52 Å². The third kappa shape index (κ3) is 7.51. The molecule has 0 aliphatic rings. The Morgan fingerprint density at radius 3 is 2.04 bits per heavy atom. The van der Waals surface area contributed by atoms with E-state index in [9.17, 15) is 4.79 Å². The quantitative estimate of drug-likeness (QED) is 0.382. The second kappa shape index (κ2) is 12.7. The Balaban J connectivity index is 1.81. The van der Waals surface area contributed by atoms with Crippen molar-refractivity contribution in [3.8, 4) is 0 Å². The van der Waals surface area contributed by atoms with Gasteiger partial charge in [-0.05, 0) is 12.3 Å². The van der Waals surface area contributed by atoms with E-state index in [1.165, 1.54) is 94.4 Å². The van der Waals surface area contributed by atoms with Crippen LogP contribution in [0.1, 0.15) is 109 Å². The van der Waals surface area contributed by atoms with Gasteiger partial charge in [-0.3, -0.25) is 4.52 Å². The van der Waals surface area contributed by atoms with Crippen molar-refractivity contribution in [2.75, 3.05) is 0 Å². The third-order valence-electron chi connectivity index (χ3n) is 5.56. The molecule has 0 aromatic carbocycles. The van der Waals surface area contributed by atoms with Crippen molar-refractivity contribution in [1.29, 1.82) is 0 Å². The molecule has 0 atom stereocenters. The highest BCUT2D eigenvalue weighted by atomic mass is 16.5. The minimum absolute atomic E-state index is 0.493. The van der Waals surface area contributed by atoms with Gasteiger partial charge in [0, 0.05) is 0 Å². The number of unbranched alkanes of at least 4 members (excludes halogenated alkanes) is 10. The number of nitrogens with zero attached hydrogens (tertiary/aromatic N) is 3. The molecule has 0 saturated carbocycles. The van der Waals surface area contributed by atoms with Crippen molar-refractivity contribution >= 4 is 5.65 Å². The lowest BCUT2D eigenvalue weighted by atomic mass is 9.90. The Bertz CT molecular complexity index is 657. The van der Waals surface area contributed by atoms with Gasteiger partial charge < -0.3 is 0 Å². The lowest BCUT2D eigenvalue weighted by Gasteiger charge is -2.15. The highest BCUT2D eigenvalue weighted by Gasteiger charge is 2.17. The van der Waals surface area contributed by atoms with Crippen LogP contribution in [0.15, 0.2) is 9.32 Å². The zero-order chi connectivity index (χ0) is 19.3. The van der Waals surface area contributed by atoms with E-state index >= 15 is 0 Å². The van der Waals surface area contributed by atoms with Crippen molar-refractivity contribution in [3.05, 3.63) is 16.2 Å². The van der Waals surface area contributed by atoms with Gasteiger partial charge in [-0.25, -0.2) is 10.0 Å². The maximum atomic E-state index is 11.5. The summed E-state index contributed by atoms with van der Waals surface area (Å²) in [6.07, 6.45) is 19.3. The van der Waals surface area contributed by atoms with Crippen molar-refractivity contribution < 1.29 is 4.52 Å². The number of hydrogen-bond acceptors (Lipinski definition) is 4. The van der Waals surface area contributed by atoms with Crippen LogP contribution in [0.4, 0.5) is 0 Å². The first kappa shape index (κ1) is 21.7. The average molecular weight is 379 g/mol. The van der Waals surface area contributed by atoms with Crippen molar-refractivity contribution in [2.45, 2.75) is 110 Å². The zero-order valence-electron chi connectivity index (χ0n) is 17.3. The maximum absolute atomic E-state index is 11.5. The van der Waals surface area contributed by atoms with Gasteiger partial charge in [-0.1, -0.05) is 109 Å². The summed E-state index contributed by atoms with van der Waals surface area (Å²) < 4.78 is 6.03. The van der Waals surface area contributed by atoms with Crippen molar-refractivity contribution in [1.82, 2.24) is 20.0 Å². The first-order valence-electron chi connectivity index (χ1n) is 11.2. The Morgan fingerprint density at radius 1 is 0.889 bits per heavy atom. The van der Waals surface area contributed by atoms with E-state index in [0.29, 0.717) is 11.6 Å². The summed E-state index contributed by atoms with van der Waals surface area (Å²) in [6, 6.07) is 0. The number of rotatable bonds is 16. The van der Waals surface area contributed by atoms with Crippen LogP contribution in [0.5, 0.6) is 0 Å². The molecular formula is C21H38N4O2. The van der Waals surface area contributed by atoms with Crippen LogP contribution in [0, 0.1) is 5.92 Å². The molecule has 0 amide bonds. The van der Waals surface area contributed by atoms with Crippen LogP contribution in [-0.2, 0) is 6.42 Å². The molecule has 6 heteroatoms. The standard InChI is InChI=1S/C21H38N4O2/c1-3-5-7-9-11-13-15-18(16-14-12-10-8-6-4-2)17-19-20-23-27-21(26)25(20)24-22-19/h18,24H,3-17H2,1-2H3. The van der Waals surface area contributed by atoms with E-state index in [1.54, 1.807) is 0 Å². The molecule has 27 heavy (non-hydrogen) atoms. The van der Waals surface area contributed by atoms with E-state index in [-0.39, 0.29) is 0 Å². The second-order valence-corrected chi connectivity index (χ2v) is 7.95. The molecule has 6 nitrogen and oxygen atoms in total. The monoisotopic (exact) mass is 378 g/mol. The molecule has 2 aromatic rings. The van der Waals surface area contributed by atoms with Crippen LogP contribution >= 0.6 is 0 Å². The molecule has 0 fully saturated rings. The molecular weight excluding hydrogens is 340 g/mol. The fourth-order valence-electron chi connectivity index (χ4n) is 3.87. The predicted molar refractivity (Wildman–Crippen MR) is 109 cm³/mol. The molecule has 0 saturated heterocycles. The number of H-pyrrole nitrogens is 1. The number of hydrogen-bond donors (Lipinski definition) is 1. The molecule has 2 aromatic heterocycles. The summed E-state index contributed by atoms with van der Waals surface area (Å²) in [5, 5.41) is 10.9. The number of nitrogens with one attached hydrogen (secondary N) is 1. The van der Waals surface area contributed by atoms with Crippen LogP contribution in [0.3, 0.4) is 0 Å². The van der Waals surface area contributed by atoms with Crippen molar-refractivity contribution in [2.24, 2.45) is 5.92 Å². The summed E-state index contributed by atoms with van der Waals surface area (Å²) in [7, 11) is 0. The lowest BCUT2D eigenvalue weighted by molar-refractivity contribution is 0.377. The van der Waals surface area contributed by atoms with E-state index in [1.807, 2.05) is 0 Å². The predicted octanol–water partition coefficient (Wildman–Crippen LogP) is 5.67. The average Bonchev–Trinajstić information content (AvgIpc) is 3.24. The molecule has 0 spiro atoms. The Kier molecular flexibility index (Phi) is 10.2. The number of aromatic amines is 1. The molecule has 0 bridgehead atoms. The minimum Gasteiger partial charge on any atom is -0.294 e. The highest BCUT2D eigenvalue weighted by molar-refractivity contribution is 5.40. The Labute approximate surface area is 163 Å². The first-order chi connectivity index (χ1) is 13.3. The highest BCUT2D eigenvalue weighted by Crippen LogP contribution is 2.23. The number of fused-ring (bicyclic) bond motifs is 1. The first-order valence-corrected chi connectivity index (χ1v) is 11.2. The molecule has 0 aliphatic carbocycles. The normalized spacial score (nSPS) is 11.8. The molecule has 0 unspecified atom stereocenters. The Morgan fingerprint density at radius 2 is 1.44 bits per heavy atom. The van der Waals surface area contributed by atoms with Gasteiger partial charge in [0.2, 0.25) is 5.65 Å². The largest absolute Gasteiger partial charge is 0.462 e. The van der Waals surface area contributed by atoms with Crippen LogP contribution in [0.2, 0.25) is 0 Å². The molecule has 0 aliphatic heterocycles. The summed E-state index contributed by atoms with van der Waals surface area (Å²) in [5.41, 5.74) is 1.42. The minimum atomic E-state index is -0.493. The molecule has 2 heterocycles. The van der Waals surface area contributed by atoms with Crippen LogP contribution in [0.25, 0.3) is 5.65 Å². The van der Waals surface area contributed by atoms with Crippen LogP contribution in [-0.4, -0.2) is 20.0 Å². The smallest absolute Gasteiger partial charge is 0.294 e. The van der Waals surface area contributed by atoms with E-state index < -0.39 is 5.76 Å². The van der Waals surface area contributed by atoms with Crippen molar-refractivity contribution in [3.63, 3.8) is 0 Å². The summed E-state index contributed by atoms with van der Waals surface area (Å²) in [4.78, 5) is 11.5. The van der Waals surface area contributed by atoms with Gasteiger partial charge in [0.15, 0.2) is 0 Å². The molecule has 1 N–H and O–H groups in total. The van der Waals surface area contributed by atoms with Gasteiger partial charge >= 0.3 is 5.76 Å². The molecule has 154 valence electrons. The van der Waals surface area contributed by atoms with E-state index in [2.05, 4.69) is 29.3 Å². The maximum Gasteiger partial charge on any atom is 0.462 e. The van der Waals surface area contributed by atoms with E-state index in [0.717, 1.165) is 12.1 Å².